The molecular formula is C21H22N4O2. The molecule has 0 spiro atoms. The summed E-state index contributed by atoms with van der Waals surface area (Å²) in [6.07, 6.45) is 3.55. The quantitative estimate of drug-likeness (QED) is 0.728. The highest BCUT2D eigenvalue weighted by molar-refractivity contribution is 6.04. The second kappa shape index (κ2) is 8.31. The average Bonchev–Trinajstić information content (AvgIpc) is 3.24. The van der Waals surface area contributed by atoms with Gasteiger partial charge in [0.1, 0.15) is 0 Å². The molecule has 0 aliphatic rings. The summed E-state index contributed by atoms with van der Waals surface area (Å²) in [6, 6.07) is 16.0. The summed E-state index contributed by atoms with van der Waals surface area (Å²) < 4.78 is 1.73. The van der Waals surface area contributed by atoms with Gasteiger partial charge in [-0.25, -0.2) is 4.68 Å². The molecule has 138 valence electrons. The fourth-order valence-electron chi connectivity index (χ4n) is 2.78. The van der Waals surface area contributed by atoms with Crippen LogP contribution in [0.15, 0.2) is 67.0 Å². The molecule has 0 bridgehead atoms. The minimum atomic E-state index is -0.204. The van der Waals surface area contributed by atoms with Crippen LogP contribution in [0.3, 0.4) is 0 Å². The van der Waals surface area contributed by atoms with Crippen molar-refractivity contribution in [2.45, 2.75) is 13.8 Å². The lowest BCUT2D eigenvalue weighted by molar-refractivity contribution is 0.0773. The zero-order chi connectivity index (χ0) is 19.2. The predicted molar refractivity (Wildman–Crippen MR) is 105 cm³/mol. The summed E-state index contributed by atoms with van der Waals surface area (Å²) >= 11 is 0. The third kappa shape index (κ3) is 4.23. The maximum Gasteiger partial charge on any atom is 0.255 e. The monoisotopic (exact) mass is 362 g/mol. The number of aromatic nitrogens is 2. The Morgan fingerprint density at radius 1 is 0.963 bits per heavy atom. The van der Waals surface area contributed by atoms with E-state index in [4.69, 9.17) is 0 Å². The van der Waals surface area contributed by atoms with Crippen LogP contribution in [0.2, 0.25) is 0 Å². The summed E-state index contributed by atoms with van der Waals surface area (Å²) in [4.78, 5) is 26.5. The number of carbonyl (C=O) groups excluding carboxylic acids is 2. The molecule has 3 aromatic rings. The molecule has 1 aromatic heterocycles. The van der Waals surface area contributed by atoms with Crippen LogP contribution < -0.4 is 5.32 Å². The number of amides is 2. The van der Waals surface area contributed by atoms with E-state index in [9.17, 15) is 9.59 Å². The van der Waals surface area contributed by atoms with Crippen LogP contribution in [0.4, 0.5) is 5.69 Å². The maximum atomic E-state index is 12.4. The molecule has 27 heavy (non-hydrogen) atoms. The Morgan fingerprint density at radius 2 is 1.59 bits per heavy atom. The summed E-state index contributed by atoms with van der Waals surface area (Å²) in [5.41, 5.74) is 2.69. The minimum Gasteiger partial charge on any atom is -0.339 e. The molecule has 6 nitrogen and oxygen atoms in total. The maximum absolute atomic E-state index is 12.4. The number of rotatable bonds is 6. The largest absolute Gasteiger partial charge is 0.339 e. The van der Waals surface area contributed by atoms with E-state index in [1.54, 1.807) is 52.2 Å². The first-order valence-electron chi connectivity index (χ1n) is 8.93. The zero-order valence-corrected chi connectivity index (χ0v) is 15.4. The Bertz CT molecular complexity index is 896. The number of hydrogen-bond acceptors (Lipinski definition) is 3. The van der Waals surface area contributed by atoms with E-state index in [1.807, 2.05) is 38.2 Å². The van der Waals surface area contributed by atoms with Crippen LogP contribution in [0.5, 0.6) is 0 Å². The van der Waals surface area contributed by atoms with Gasteiger partial charge in [0, 0.05) is 42.3 Å². The first kappa shape index (κ1) is 18.4. The van der Waals surface area contributed by atoms with Crippen molar-refractivity contribution < 1.29 is 9.59 Å². The Hall–Kier alpha value is -3.41. The van der Waals surface area contributed by atoms with Crippen molar-refractivity contribution in [1.82, 2.24) is 14.7 Å². The van der Waals surface area contributed by atoms with Gasteiger partial charge >= 0.3 is 0 Å². The molecular weight excluding hydrogens is 340 g/mol. The number of nitrogens with zero attached hydrogens (tertiary/aromatic N) is 3. The number of carbonyl (C=O) groups is 2. The van der Waals surface area contributed by atoms with Crippen molar-refractivity contribution >= 4 is 17.5 Å². The summed E-state index contributed by atoms with van der Waals surface area (Å²) in [5.74, 6) is -0.211. The van der Waals surface area contributed by atoms with Crippen molar-refractivity contribution in [3.05, 3.63) is 78.1 Å². The molecule has 2 aromatic carbocycles. The predicted octanol–water partition coefficient (Wildman–Crippen LogP) is 3.61. The van der Waals surface area contributed by atoms with Crippen molar-refractivity contribution in [1.29, 1.82) is 0 Å². The molecule has 6 heteroatoms. The molecule has 0 fully saturated rings. The van der Waals surface area contributed by atoms with E-state index in [0.29, 0.717) is 29.9 Å². The molecule has 0 radical (unpaired) electrons. The van der Waals surface area contributed by atoms with Crippen LogP contribution in [-0.4, -0.2) is 39.6 Å². The van der Waals surface area contributed by atoms with Crippen LogP contribution in [0.1, 0.15) is 34.6 Å². The van der Waals surface area contributed by atoms with Crippen LogP contribution in [0.25, 0.3) is 5.69 Å². The standard InChI is InChI=1S/C21H22N4O2/c1-3-24(4-2)21(27)17-6-10-18(11-7-17)23-20(26)16-8-12-19(13-9-16)25-15-5-14-22-25/h5-15H,3-4H2,1-2H3,(H,23,26). The first-order valence-corrected chi connectivity index (χ1v) is 8.93. The smallest absolute Gasteiger partial charge is 0.255 e. The highest BCUT2D eigenvalue weighted by atomic mass is 16.2. The van der Waals surface area contributed by atoms with Gasteiger partial charge in [0.05, 0.1) is 5.69 Å². The molecule has 0 unspecified atom stereocenters. The molecule has 0 saturated heterocycles. The number of anilines is 1. The summed E-state index contributed by atoms with van der Waals surface area (Å²) in [7, 11) is 0. The van der Waals surface area contributed by atoms with E-state index in [0.717, 1.165) is 5.69 Å². The van der Waals surface area contributed by atoms with Crippen molar-refractivity contribution in [2.75, 3.05) is 18.4 Å². The molecule has 0 atom stereocenters. The Kier molecular flexibility index (Phi) is 5.66. The number of nitrogens with one attached hydrogen (secondary N) is 1. The van der Waals surface area contributed by atoms with E-state index < -0.39 is 0 Å². The second-order valence-electron chi connectivity index (χ2n) is 6.01. The lowest BCUT2D eigenvalue weighted by atomic mass is 10.1. The van der Waals surface area contributed by atoms with Gasteiger partial charge in [0.2, 0.25) is 0 Å². The zero-order valence-electron chi connectivity index (χ0n) is 15.4. The van der Waals surface area contributed by atoms with Crippen molar-refractivity contribution in [3.8, 4) is 5.69 Å². The van der Waals surface area contributed by atoms with Gasteiger partial charge in [0.25, 0.3) is 11.8 Å². The Balaban J connectivity index is 1.66. The number of hydrogen-bond donors (Lipinski definition) is 1. The van der Waals surface area contributed by atoms with E-state index >= 15 is 0 Å². The van der Waals surface area contributed by atoms with E-state index in [-0.39, 0.29) is 11.8 Å². The van der Waals surface area contributed by atoms with Crippen LogP contribution in [0, 0.1) is 0 Å². The summed E-state index contributed by atoms with van der Waals surface area (Å²) in [5, 5.41) is 7.01. The average molecular weight is 362 g/mol. The van der Waals surface area contributed by atoms with Gasteiger partial charge in [-0.1, -0.05) is 0 Å². The number of benzene rings is 2. The molecule has 3 rings (SSSR count). The third-order valence-corrected chi connectivity index (χ3v) is 4.34. The SMILES string of the molecule is CCN(CC)C(=O)c1ccc(NC(=O)c2ccc(-n3cccn3)cc2)cc1. The highest BCUT2D eigenvalue weighted by Gasteiger charge is 2.12. The third-order valence-electron chi connectivity index (χ3n) is 4.34. The fourth-order valence-corrected chi connectivity index (χ4v) is 2.78. The molecule has 0 aliphatic carbocycles. The van der Waals surface area contributed by atoms with E-state index in [2.05, 4.69) is 10.4 Å². The Morgan fingerprint density at radius 3 is 2.15 bits per heavy atom. The Labute approximate surface area is 158 Å². The minimum absolute atomic E-state index is 0.00733. The van der Waals surface area contributed by atoms with E-state index in [1.165, 1.54) is 0 Å². The lowest BCUT2D eigenvalue weighted by Gasteiger charge is -2.18. The topological polar surface area (TPSA) is 67.2 Å². The van der Waals surface area contributed by atoms with Gasteiger partial charge < -0.3 is 10.2 Å². The molecule has 1 heterocycles. The van der Waals surface area contributed by atoms with Crippen molar-refractivity contribution in [3.63, 3.8) is 0 Å². The fraction of sp³-hybridized carbons (Fsp3) is 0.190. The lowest BCUT2D eigenvalue weighted by Crippen LogP contribution is -2.30. The second-order valence-corrected chi connectivity index (χ2v) is 6.01. The normalized spacial score (nSPS) is 10.4. The molecule has 1 N–H and O–H groups in total. The van der Waals surface area contributed by atoms with Gasteiger partial charge in [-0.3, -0.25) is 9.59 Å². The highest BCUT2D eigenvalue weighted by Crippen LogP contribution is 2.14. The molecule has 2 amide bonds. The summed E-state index contributed by atoms with van der Waals surface area (Å²) in [6.45, 7) is 5.24. The molecule has 0 saturated carbocycles. The van der Waals surface area contributed by atoms with Gasteiger partial charge in [0.15, 0.2) is 0 Å². The van der Waals surface area contributed by atoms with Crippen molar-refractivity contribution in [2.24, 2.45) is 0 Å². The van der Waals surface area contributed by atoms with Gasteiger partial charge in [-0.15, -0.1) is 0 Å². The first-order chi connectivity index (χ1) is 13.1. The molecule has 0 aliphatic heterocycles. The van der Waals surface area contributed by atoms with Gasteiger partial charge in [-0.05, 0) is 68.4 Å². The van der Waals surface area contributed by atoms with Crippen LogP contribution >= 0.6 is 0 Å². The van der Waals surface area contributed by atoms with Gasteiger partial charge in [-0.2, -0.15) is 5.10 Å². The van der Waals surface area contributed by atoms with Crippen LogP contribution in [-0.2, 0) is 0 Å².